The van der Waals surface area contributed by atoms with Crippen LogP contribution in [0.2, 0.25) is 0 Å². The van der Waals surface area contributed by atoms with Crippen LogP contribution in [0, 0.1) is 0 Å². The standard InChI is InChI=1S/C19H32N4O.HI/c1-5-24-13-11-21-18(20-4)22-15-19(2,3)23-12-10-16-8-6-7-9-17(16)14-23;/h6-9H,5,10-15H2,1-4H3,(H2,20,21,22);1H. The van der Waals surface area contributed by atoms with Gasteiger partial charge in [-0.25, -0.2) is 0 Å². The number of fused-ring (bicyclic) bond motifs is 1. The van der Waals surface area contributed by atoms with E-state index in [4.69, 9.17) is 4.74 Å². The smallest absolute Gasteiger partial charge is 0.191 e. The predicted octanol–water partition coefficient (Wildman–Crippen LogP) is 2.64. The summed E-state index contributed by atoms with van der Waals surface area (Å²) in [7, 11) is 1.81. The van der Waals surface area contributed by atoms with E-state index in [0.717, 1.165) is 45.2 Å². The first kappa shape index (κ1) is 22.2. The van der Waals surface area contributed by atoms with E-state index in [0.29, 0.717) is 6.61 Å². The Morgan fingerprint density at radius 3 is 2.64 bits per heavy atom. The molecule has 1 aliphatic rings. The van der Waals surface area contributed by atoms with Gasteiger partial charge >= 0.3 is 0 Å². The molecule has 5 nitrogen and oxygen atoms in total. The maximum Gasteiger partial charge on any atom is 0.191 e. The van der Waals surface area contributed by atoms with E-state index in [-0.39, 0.29) is 29.5 Å². The van der Waals surface area contributed by atoms with Crippen molar-refractivity contribution < 1.29 is 4.74 Å². The molecule has 0 fully saturated rings. The first-order valence-corrected chi connectivity index (χ1v) is 8.91. The molecule has 0 radical (unpaired) electrons. The molecule has 6 heteroatoms. The quantitative estimate of drug-likeness (QED) is 0.284. The number of guanidine groups is 1. The van der Waals surface area contributed by atoms with Gasteiger partial charge in [-0.15, -0.1) is 24.0 Å². The minimum absolute atomic E-state index is 0. The van der Waals surface area contributed by atoms with Crippen molar-refractivity contribution in [2.45, 2.75) is 39.3 Å². The van der Waals surface area contributed by atoms with Crippen molar-refractivity contribution in [2.75, 3.05) is 39.9 Å². The minimum Gasteiger partial charge on any atom is -0.380 e. The Kier molecular flexibility index (Phi) is 9.74. The van der Waals surface area contributed by atoms with Crippen LogP contribution in [-0.2, 0) is 17.7 Å². The van der Waals surface area contributed by atoms with Crippen LogP contribution in [0.15, 0.2) is 29.3 Å². The summed E-state index contributed by atoms with van der Waals surface area (Å²) in [5.41, 5.74) is 3.01. The summed E-state index contributed by atoms with van der Waals surface area (Å²) in [5.74, 6) is 0.834. The van der Waals surface area contributed by atoms with Crippen molar-refractivity contribution >= 4 is 29.9 Å². The van der Waals surface area contributed by atoms with Crippen molar-refractivity contribution in [3.05, 3.63) is 35.4 Å². The van der Waals surface area contributed by atoms with Crippen LogP contribution in [0.4, 0.5) is 0 Å². The first-order valence-electron chi connectivity index (χ1n) is 8.91. The van der Waals surface area contributed by atoms with E-state index in [1.54, 1.807) is 7.05 Å². The molecule has 0 spiro atoms. The Morgan fingerprint density at radius 2 is 1.96 bits per heavy atom. The second kappa shape index (κ2) is 11.0. The third-order valence-corrected chi connectivity index (χ3v) is 4.64. The summed E-state index contributed by atoms with van der Waals surface area (Å²) in [5, 5.41) is 6.74. The number of rotatable bonds is 7. The Balaban J connectivity index is 0.00000312. The Hall–Kier alpha value is -0.860. The molecular weight excluding hydrogens is 427 g/mol. The normalized spacial score (nSPS) is 15.3. The maximum absolute atomic E-state index is 5.35. The van der Waals surface area contributed by atoms with Gasteiger partial charge in [0.1, 0.15) is 0 Å². The van der Waals surface area contributed by atoms with Gasteiger partial charge in [-0.05, 0) is 38.3 Å². The molecule has 2 rings (SSSR count). The highest BCUT2D eigenvalue weighted by Gasteiger charge is 2.29. The van der Waals surface area contributed by atoms with Crippen LogP contribution >= 0.6 is 24.0 Å². The van der Waals surface area contributed by atoms with E-state index < -0.39 is 0 Å². The van der Waals surface area contributed by atoms with Crippen LogP contribution < -0.4 is 10.6 Å². The van der Waals surface area contributed by atoms with Gasteiger partial charge in [0.2, 0.25) is 0 Å². The second-order valence-corrected chi connectivity index (χ2v) is 6.80. The summed E-state index contributed by atoms with van der Waals surface area (Å²) in [4.78, 5) is 6.84. The van der Waals surface area contributed by atoms with E-state index in [1.165, 1.54) is 11.1 Å². The largest absolute Gasteiger partial charge is 0.380 e. The molecule has 1 aromatic carbocycles. The molecule has 0 atom stereocenters. The molecule has 1 heterocycles. The molecule has 0 amide bonds. The molecular formula is C19H33IN4O. The molecule has 25 heavy (non-hydrogen) atoms. The number of nitrogens with zero attached hydrogens (tertiary/aromatic N) is 2. The summed E-state index contributed by atoms with van der Waals surface area (Å²) < 4.78 is 5.35. The highest BCUT2D eigenvalue weighted by atomic mass is 127. The van der Waals surface area contributed by atoms with Gasteiger partial charge in [0.05, 0.1) is 6.61 Å². The van der Waals surface area contributed by atoms with Crippen molar-refractivity contribution in [1.82, 2.24) is 15.5 Å². The number of aliphatic imine (C=N–C) groups is 1. The van der Waals surface area contributed by atoms with Gasteiger partial charge in [0.15, 0.2) is 5.96 Å². The fraction of sp³-hybridized carbons (Fsp3) is 0.632. The average molecular weight is 460 g/mol. The maximum atomic E-state index is 5.35. The van der Waals surface area contributed by atoms with Gasteiger partial charge in [-0.3, -0.25) is 9.89 Å². The predicted molar refractivity (Wildman–Crippen MR) is 116 cm³/mol. The van der Waals surface area contributed by atoms with Crippen molar-refractivity contribution in [1.29, 1.82) is 0 Å². The molecule has 2 N–H and O–H groups in total. The lowest BCUT2D eigenvalue weighted by molar-refractivity contribution is 0.107. The van der Waals surface area contributed by atoms with Gasteiger partial charge < -0.3 is 15.4 Å². The lowest BCUT2D eigenvalue weighted by atomic mass is 9.94. The zero-order chi connectivity index (χ0) is 17.4. The fourth-order valence-corrected chi connectivity index (χ4v) is 3.03. The lowest BCUT2D eigenvalue weighted by Gasteiger charge is -2.42. The van der Waals surface area contributed by atoms with Crippen molar-refractivity contribution in [3.8, 4) is 0 Å². The van der Waals surface area contributed by atoms with Crippen LogP contribution in [-0.4, -0.2) is 56.3 Å². The molecule has 0 unspecified atom stereocenters. The zero-order valence-electron chi connectivity index (χ0n) is 16.0. The second-order valence-electron chi connectivity index (χ2n) is 6.80. The number of nitrogens with one attached hydrogen (secondary N) is 2. The third kappa shape index (κ3) is 6.75. The van der Waals surface area contributed by atoms with Gasteiger partial charge in [0.25, 0.3) is 0 Å². The SMILES string of the molecule is CCOCCNC(=NC)NCC(C)(C)N1CCc2ccccc2C1.I. The lowest BCUT2D eigenvalue weighted by Crippen LogP contribution is -2.54. The number of benzene rings is 1. The third-order valence-electron chi connectivity index (χ3n) is 4.64. The zero-order valence-corrected chi connectivity index (χ0v) is 18.3. The number of halogens is 1. The molecule has 0 bridgehead atoms. The Morgan fingerprint density at radius 1 is 1.24 bits per heavy atom. The molecule has 142 valence electrons. The van der Waals surface area contributed by atoms with Crippen LogP contribution in [0.25, 0.3) is 0 Å². The fourth-order valence-electron chi connectivity index (χ4n) is 3.03. The average Bonchev–Trinajstić information content (AvgIpc) is 2.60. The number of hydrogen-bond donors (Lipinski definition) is 2. The summed E-state index contributed by atoms with van der Waals surface area (Å²) in [6, 6.07) is 8.78. The van der Waals surface area contributed by atoms with Crippen molar-refractivity contribution in [3.63, 3.8) is 0 Å². The van der Waals surface area contributed by atoms with E-state index in [9.17, 15) is 0 Å². The first-order chi connectivity index (χ1) is 11.6. The Bertz CT molecular complexity index is 548. The molecule has 0 saturated carbocycles. The monoisotopic (exact) mass is 460 g/mol. The molecule has 0 aliphatic carbocycles. The highest BCUT2D eigenvalue weighted by molar-refractivity contribution is 14.0. The van der Waals surface area contributed by atoms with Gasteiger partial charge in [0, 0.05) is 45.4 Å². The van der Waals surface area contributed by atoms with Gasteiger partial charge in [-0.1, -0.05) is 24.3 Å². The minimum atomic E-state index is 0. The summed E-state index contributed by atoms with van der Waals surface area (Å²) in [6.45, 7) is 11.8. The van der Waals surface area contributed by atoms with Crippen LogP contribution in [0.5, 0.6) is 0 Å². The topological polar surface area (TPSA) is 48.9 Å². The van der Waals surface area contributed by atoms with E-state index >= 15 is 0 Å². The molecule has 1 aromatic rings. The highest BCUT2D eigenvalue weighted by Crippen LogP contribution is 2.24. The van der Waals surface area contributed by atoms with Crippen molar-refractivity contribution in [2.24, 2.45) is 4.99 Å². The summed E-state index contributed by atoms with van der Waals surface area (Å²) in [6.07, 6.45) is 1.13. The van der Waals surface area contributed by atoms with Crippen LogP contribution in [0.3, 0.4) is 0 Å². The number of ether oxygens (including phenoxy) is 1. The molecule has 1 aliphatic heterocycles. The molecule has 0 saturated heterocycles. The summed E-state index contributed by atoms with van der Waals surface area (Å²) >= 11 is 0. The van der Waals surface area contributed by atoms with E-state index in [2.05, 4.69) is 58.6 Å². The molecule has 0 aromatic heterocycles. The van der Waals surface area contributed by atoms with Crippen LogP contribution in [0.1, 0.15) is 31.9 Å². The Labute approximate surface area is 169 Å². The number of hydrogen-bond acceptors (Lipinski definition) is 3. The van der Waals surface area contributed by atoms with Gasteiger partial charge in [-0.2, -0.15) is 0 Å². The van der Waals surface area contributed by atoms with E-state index in [1.807, 2.05) is 6.92 Å².